The predicted octanol–water partition coefficient (Wildman–Crippen LogP) is 3.35. The van der Waals surface area contributed by atoms with E-state index in [1.165, 1.54) is 16.1 Å². The number of hydrogen-bond donors (Lipinski definition) is 0. The maximum atomic E-state index is 12.0. The maximum absolute atomic E-state index is 12.0. The van der Waals surface area contributed by atoms with E-state index in [2.05, 4.69) is 20.4 Å². The first kappa shape index (κ1) is 16.6. The highest BCUT2D eigenvalue weighted by atomic mass is 35.5. The lowest BCUT2D eigenvalue weighted by Gasteiger charge is -2.07. The van der Waals surface area contributed by atoms with Crippen LogP contribution in [0.4, 0.5) is 0 Å². The summed E-state index contributed by atoms with van der Waals surface area (Å²) in [5.41, 5.74) is 2.30. The Labute approximate surface area is 157 Å². The molecule has 130 valence electrons. The van der Waals surface area contributed by atoms with Crippen molar-refractivity contribution >= 4 is 39.8 Å². The number of pyridine rings is 1. The van der Waals surface area contributed by atoms with Gasteiger partial charge in [-0.25, -0.2) is 9.78 Å². The van der Waals surface area contributed by atoms with Crippen LogP contribution in [0.1, 0.15) is 5.56 Å². The molecule has 3 aromatic heterocycles. The molecule has 1 aromatic carbocycles. The summed E-state index contributed by atoms with van der Waals surface area (Å²) in [6.45, 7) is -0.0998. The number of carbonyl (C=O) groups excluding carboxylic acids is 1. The third kappa shape index (κ3) is 3.56. The van der Waals surface area contributed by atoms with E-state index < -0.39 is 5.97 Å². The van der Waals surface area contributed by atoms with E-state index in [9.17, 15) is 4.79 Å². The standard InChI is InChI=1S/C17H12ClN5O2S/c18-16-13(7-11-3-1-2-4-14(11)19-16)9-25-15(24)8-23-21-17(20-22-23)12-5-6-26-10-12/h1-7,10H,8-9H2. The molecule has 0 bridgehead atoms. The Bertz CT molecular complexity index is 1060. The van der Waals surface area contributed by atoms with Gasteiger partial charge in [-0.05, 0) is 28.8 Å². The molecule has 0 atom stereocenters. The monoisotopic (exact) mass is 385 g/mol. The van der Waals surface area contributed by atoms with E-state index in [1.807, 2.05) is 47.2 Å². The zero-order chi connectivity index (χ0) is 17.9. The molecule has 0 aliphatic heterocycles. The number of ether oxygens (including phenoxy) is 1. The van der Waals surface area contributed by atoms with E-state index in [0.717, 1.165) is 16.5 Å². The summed E-state index contributed by atoms with van der Waals surface area (Å²) in [6, 6.07) is 11.4. The fourth-order valence-electron chi connectivity index (χ4n) is 2.37. The highest BCUT2D eigenvalue weighted by Crippen LogP contribution is 2.21. The summed E-state index contributed by atoms with van der Waals surface area (Å²) in [4.78, 5) is 17.6. The van der Waals surface area contributed by atoms with E-state index in [1.54, 1.807) is 0 Å². The normalized spacial score (nSPS) is 11.0. The molecule has 0 radical (unpaired) electrons. The van der Waals surface area contributed by atoms with Crippen molar-refractivity contribution in [1.82, 2.24) is 25.2 Å². The van der Waals surface area contributed by atoms with Gasteiger partial charge in [0.15, 0.2) is 6.54 Å². The third-order valence-electron chi connectivity index (χ3n) is 3.64. The number of nitrogens with zero attached hydrogens (tertiary/aromatic N) is 5. The lowest BCUT2D eigenvalue weighted by atomic mass is 10.2. The van der Waals surface area contributed by atoms with Crippen LogP contribution in [0.5, 0.6) is 0 Å². The molecule has 0 unspecified atom stereocenters. The molecule has 0 aliphatic carbocycles. The van der Waals surface area contributed by atoms with Gasteiger partial charge in [-0.1, -0.05) is 29.8 Å². The Hall–Kier alpha value is -2.84. The lowest BCUT2D eigenvalue weighted by Crippen LogP contribution is -2.16. The first-order valence-corrected chi connectivity index (χ1v) is 9.01. The van der Waals surface area contributed by atoms with Crippen LogP contribution in [0.15, 0.2) is 47.2 Å². The van der Waals surface area contributed by atoms with E-state index >= 15 is 0 Å². The Balaban J connectivity index is 1.40. The van der Waals surface area contributed by atoms with Crippen LogP contribution in [0.25, 0.3) is 22.3 Å². The van der Waals surface area contributed by atoms with Crippen molar-refractivity contribution < 1.29 is 9.53 Å². The van der Waals surface area contributed by atoms with E-state index in [0.29, 0.717) is 16.5 Å². The van der Waals surface area contributed by atoms with Gasteiger partial charge >= 0.3 is 5.97 Å². The second kappa shape index (κ2) is 7.19. The molecule has 0 spiro atoms. The number of benzene rings is 1. The van der Waals surface area contributed by atoms with Crippen molar-refractivity contribution in [3.63, 3.8) is 0 Å². The molecular formula is C17H12ClN5O2S. The summed E-state index contributed by atoms with van der Waals surface area (Å²) in [6.07, 6.45) is 0. The van der Waals surface area contributed by atoms with Crippen molar-refractivity contribution in [2.75, 3.05) is 0 Å². The molecular weight excluding hydrogens is 374 g/mol. The number of carbonyl (C=O) groups is 1. The molecule has 9 heteroatoms. The number of hydrogen-bond acceptors (Lipinski definition) is 7. The summed E-state index contributed by atoms with van der Waals surface area (Å²) >= 11 is 7.70. The Kier molecular flexibility index (Phi) is 4.59. The van der Waals surface area contributed by atoms with Crippen LogP contribution in [0.2, 0.25) is 5.15 Å². The van der Waals surface area contributed by atoms with Crippen molar-refractivity contribution in [3.05, 3.63) is 57.9 Å². The second-order valence-electron chi connectivity index (χ2n) is 5.45. The molecule has 0 N–H and O–H groups in total. The summed E-state index contributed by atoms with van der Waals surface area (Å²) in [5, 5.41) is 17.0. The molecule has 0 saturated carbocycles. The highest BCUT2D eigenvalue weighted by molar-refractivity contribution is 7.08. The van der Waals surface area contributed by atoms with Gasteiger partial charge in [0.2, 0.25) is 5.82 Å². The number of para-hydroxylation sites is 1. The van der Waals surface area contributed by atoms with E-state index in [-0.39, 0.29) is 13.2 Å². The molecule has 4 rings (SSSR count). The zero-order valence-corrected chi connectivity index (χ0v) is 14.9. The van der Waals surface area contributed by atoms with Gasteiger partial charge in [0.1, 0.15) is 11.8 Å². The van der Waals surface area contributed by atoms with Crippen LogP contribution in [-0.2, 0) is 22.7 Å². The number of rotatable bonds is 5. The minimum Gasteiger partial charge on any atom is -0.459 e. The van der Waals surface area contributed by atoms with Gasteiger partial charge in [0.05, 0.1) is 5.52 Å². The topological polar surface area (TPSA) is 82.8 Å². The number of thiophene rings is 1. The van der Waals surface area contributed by atoms with Crippen LogP contribution in [0.3, 0.4) is 0 Å². The van der Waals surface area contributed by atoms with Gasteiger partial charge in [0.25, 0.3) is 0 Å². The lowest BCUT2D eigenvalue weighted by molar-refractivity contribution is -0.146. The van der Waals surface area contributed by atoms with Crippen LogP contribution >= 0.6 is 22.9 Å². The summed E-state index contributed by atoms with van der Waals surface area (Å²) in [7, 11) is 0. The van der Waals surface area contributed by atoms with Gasteiger partial charge in [-0.2, -0.15) is 16.1 Å². The fourth-order valence-corrected chi connectivity index (χ4v) is 3.21. The van der Waals surface area contributed by atoms with Crippen molar-refractivity contribution in [2.45, 2.75) is 13.2 Å². The van der Waals surface area contributed by atoms with Gasteiger partial charge in [0, 0.05) is 21.9 Å². The first-order valence-electron chi connectivity index (χ1n) is 7.69. The van der Waals surface area contributed by atoms with Crippen molar-refractivity contribution in [3.8, 4) is 11.4 Å². The minimum absolute atomic E-state index is 0.0294. The van der Waals surface area contributed by atoms with Gasteiger partial charge < -0.3 is 4.74 Å². The number of tetrazole rings is 1. The quantitative estimate of drug-likeness (QED) is 0.387. The van der Waals surface area contributed by atoms with Crippen LogP contribution < -0.4 is 0 Å². The van der Waals surface area contributed by atoms with Gasteiger partial charge in [-0.3, -0.25) is 0 Å². The molecule has 0 amide bonds. The molecule has 3 heterocycles. The summed E-state index contributed by atoms with van der Waals surface area (Å²) < 4.78 is 5.27. The number of aromatic nitrogens is 5. The average Bonchev–Trinajstić information content (AvgIpc) is 3.31. The Morgan fingerprint density at radius 3 is 3.00 bits per heavy atom. The molecule has 0 aliphatic rings. The SMILES string of the molecule is O=C(Cn1nnc(-c2ccsc2)n1)OCc1cc2ccccc2nc1Cl. The largest absolute Gasteiger partial charge is 0.459 e. The van der Waals surface area contributed by atoms with Gasteiger partial charge in [-0.15, -0.1) is 10.2 Å². The molecule has 0 fully saturated rings. The fraction of sp³-hybridized carbons (Fsp3) is 0.118. The average molecular weight is 386 g/mol. The van der Waals surface area contributed by atoms with E-state index in [4.69, 9.17) is 16.3 Å². The molecule has 0 saturated heterocycles. The van der Waals surface area contributed by atoms with Crippen molar-refractivity contribution in [2.24, 2.45) is 0 Å². The maximum Gasteiger partial charge on any atom is 0.330 e. The van der Waals surface area contributed by atoms with Crippen LogP contribution in [-0.4, -0.2) is 31.2 Å². The number of halogens is 1. The summed E-state index contributed by atoms with van der Waals surface area (Å²) in [5.74, 6) is -0.00989. The minimum atomic E-state index is -0.483. The number of fused-ring (bicyclic) bond motifs is 1. The molecule has 7 nitrogen and oxygen atoms in total. The molecule has 26 heavy (non-hydrogen) atoms. The Morgan fingerprint density at radius 2 is 2.15 bits per heavy atom. The van der Waals surface area contributed by atoms with Crippen LogP contribution in [0, 0.1) is 0 Å². The first-order chi connectivity index (χ1) is 12.7. The third-order valence-corrected chi connectivity index (χ3v) is 4.65. The predicted molar refractivity (Wildman–Crippen MR) is 97.7 cm³/mol. The molecule has 4 aromatic rings. The smallest absolute Gasteiger partial charge is 0.330 e. The highest BCUT2D eigenvalue weighted by Gasteiger charge is 2.12. The van der Waals surface area contributed by atoms with Crippen molar-refractivity contribution in [1.29, 1.82) is 0 Å². The second-order valence-corrected chi connectivity index (χ2v) is 6.59. The number of esters is 1. The zero-order valence-electron chi connectivity index (χ0n) is 13.4. The Morgan fingerprint density at radius 1 is 1.27 bits per heavy atom.